The van der Waals surface area contributed by atoms with Gasteiger partial charge in [0.1, 0.15) is 0 Å². The molecular formula is C9H18N4OS. The van der Waals surface area contributed by atoms with Crippen molar-refractivity contribution in [1.29, 1.82) is 0 Å². The van der Waals surface area contributed by atoms with E-state index in [1.54, 1.807) is 29.8 Å². The molecule has 0 aliphatic carbocycles. The van der Waals surface area contributed by atoms with Gasteiger partial charge in [-0.15, -0.1) is 0 Å². The van der Waals surface area contributed by atoms with Crippen molar-refractivity contribution in [2.24, 2.45) is 12.9 Å². The van der Waals surface area contributed by atoms with Crippen LogP contribution in [0.5, 0.6) is 5.75 Å². The Bertz CT molecular complexity index is 302. The second kappa shape index (κ2) is 5.99. The average Bonchev–Trinajstić information content (AvgIpc) is 2.62. The van der Waals surface area contributed by atoms with Crippen LogP contribution in [0, 0.1) is 0 Å². The van der Waals surface area contributed by atoms with E-state index in [2.05, 4.69) is 16.8 Å². The minimum Gasteiger partial charge on any atom is -0.493 e. The Morgan fingerprint density at radius 3 is 3.00 bits per heavy atom. The third-order valence-electron chi connectivity index (χ3n) is 2.31. The van der Waals surface area contributed by atoms with E-state index in [4.69, 9.17) is 10.6 Å². The Hall–Kier alpha value is -0.720. The quantitative estimate of drug-likeness (QED) is 0.556. The van der Waals surface area contributed by atoms with Crippen LogP contribution in [0.15, 0.2) is 6.20 Å². The molecule has 0 saturated carbocycles. The lowest BCUT2D eigenvalue weighted by Gasteiger charge is -2.16. The summed E-state index contributed by atoms with van der Waals surface area (Å²) < 4.78 is 7.04. The molecule has 0 radical (unpaired) electrons. The van der Waals surface area contributed by atoms with E-state index >= 15 is 0 Å². The summed E-state index contributed by atoms with van der Waals surface area (Å²) in [6.07, 6.45) is 4.74. The van der Waals surface area contributed by atoms with Crippen molar-refractivity contribution in [3.05, 3.63) is 11.9 Å². The highest BCUT2D eigenvalue weighted by Crippen LogP contribution is 2.26. The van der Waals surface area contributed by atoms with Crippen LogP contribution in [-0.4, -0.2) is 28.9 Å². The van der Waals surface area contributed by atoms with Crippen LogP contribution in [0.4, 0.5) is 0 Å². The largest absolute Gasteiger partial charge is 0.493 e. The predicted octanol–water partition coefficient (Wildman–Crippen LogP) is 0.686. The first-order valence-corrected chi connectivity index (χ1v) is 6.15. The van der Waals surface area contributed by atoms with Crippen molar-refractivity contribution in [3.63, 3.8) is 0 Å². The molecule has 1 rings (SSSR count). The maximum absolute atomic E-state index is 5.54. The number of nitrogens with two attached hydrogens (primary N) is 1. The fourth-order valence-electron chi connectivity index (χ4n) is 1.52. The SMILES string of the molecule is COc1cnn(C)c1C(CCSC)NN. The molecule has 5 nitrogen and oxygen atoms in total. The van der Waals surface area contributed by atoms with Crippen molar-refractivity contribution in [2.45, 2.75) is 12.5 Å². The third kappa shape index (κ3) is 2.87. The van der Waals surface area contributed by atoms with E-state index in [0.717, 1.165) is 23.6 Å². The number of methoxy groups -OCH3 is 1. The summed E-state index contributed by atoms with van der Waals surface area (Å²) in [4.78, 5) is 0. The van der Waals surface area contributed by atoms with Gasteiger partial charge in [0.05, 0.1) is 25.0 Å². The number of aryl methyl sites for hydroxylation is 1. The summed E-state index contributed by atoms with van der Waals surface area (Å²) >= 11 is 1.80. The number of aromatic nitrogens is 2. The minimum absolute atomic E-state index is 0.0832. The molecule has 1 aromatic rings. The van der Waals surface area contributed by atoms with Crippen LogP contribution in [0.2, 0.25) is 0 Å². The average molecular weight is 230 g/mol. The Balaban J connectivity index is 2.84. The number of nitrogens with zero attached hydrogens (tertiary/aromatic N) is 2. The Morgan fingerprint density at radius 1 is 1.73 bits per heavy atom. The monoisotopic (exact) mass is 230 g/mol. The first kappa shape index (κ1) is 12.4. The summed E-state index contributed by atoms with van der Waals surface area (Å²) in [5.41, 5.74) is 3.80. The molecule has 0 aromatic carbocycles. The van der Waals surface area contributed by atoms with Crippen molar-refractivity contribution < 1.29 is 4.74 Å². The summed E-state index contributed by atoms with van der Waals surface area (Å²) in [5, 5.41) is 4.15. The standard InChI is InChI=1S/C9H18N4OS/c1-13-9(8(14-2)6-11-13)7(12-10)4-5-15-3/h6-7,12H,4-5,10H2,1-3H3. The Morgan fingerprint density at radius 2 is 2.47 bits per heavy atom. The van der Waals surface area contributed by atoms with Crippen molar-refractivity contribution in [2.75, 3.05) is 19.1 Å². The summed E-state index contributed by atoms with van der Waals surface area (Å²) in [7, 11) is 3.53. The molecule has 1 heterocycles. The van der Waals surface area contributed by atoms with E-state index in [1.165, 1.54) is 0 Å². The van der Waals surface area contributed by atoms with Gasteiger partial charge in [0, 0.05) is 7.05 Å². The van der Waals surface area contributed by atoms with Crippen LogP contribution in [0.1, 0.15) is 18.2 Å². The molecular weight excluding hydrogens is 212 g/mol. The number of rotatable bonds is 6. The van der Waals surface area contributed by atoms with E-state index < -0.39 is 0 Å². The highest BCUT2D eigenvalue weighted by molar-refractivity contribution is 7.98. The molecule has 0 aliphatic heterocycles. The van der Waals surface area contributed by atoms with Gasteiger partial charge >= 0.3 is 0 Å². The number of hydrogen-bond acceptors (Lipinski definition) is 5. The molecule has 1 atom stereocenters. The van der Waals surface area contributed by atoms with Crippen LogP contribution in [0.3, 0.4) is 0 Å². The lowest BCUT2D eigenvalue weighted by Crippen LogP contribution is -2.30. The van der Waals surface area contributed by atoms with Gasteiger partial charge in [0.15, 0.2) is 5.75 Å². The van der Waals surface area contributed by atoms with E-state index in [-0.39, 0.29) is 6.04 Å². The van der Waals surface area contributed by atoms with E-state index in [1.807, 2.05) is 7.05 Å². The molecule has 86 valence electrons. The normalized spacial score (nSPS) is 12.8. The highest BCUT2D eigenvalue weighted by Gasteiger charge is 2.18. The number of hydrazine groups is 1. The molecule has 0 saturated heterocycles. The number of thioether (sulfide) groups is 1. The van der Waals surface area contributed by atoms with Gasteiger partial charge in [-0.3, -0.25) is 16.0 Å². The fourth-order valence-corrected chi connectivity index (χ4v) is 1.99. The van der Waals surface area contributed by atoms with Crippen LogP contribution in [0.25, 0.3) is 0 Å². The Kier molecular flexibility index (Phi) is 4.93. The van der Waals surface area contributed by atoms with Gasteiger partial charge in [-0.2, -0.15) is 16.9 Å². The fraction of sp³-hybridized carbons (Fsp3) is 0.667. The van der Waals surface area contributed by atoms with Gasteiger partial charge in [-0.25, -0.2) is 0 Å². The van der Waals surface area contributed by atoms with Gasteiger partial charge < -0.3 is 4.74 Å². The van der Waals surface area contributed by atoms with Crippen LogP contribution in [-0.2, 0) is 7.05 Å². The number of nitrogens with one attached hydrogen (secondary N) is 1. The van der Waals surface area contributed by atoms with Crippen molar-refractivity contribution in [3.8, 4) is 5.75 Å². The Labute approximate surface area is 94.3 Å². The summed E-state index contributed by atoms with van der Waals surface area (Å²) in [6, 6.07) is 0.0832. The van der Waals surface area contributed by atoms with Gasteiger partial charge in [-0.1, -0.05) is 0 Å². The zero-order chi connectivity index (χ0) is 11.3. The first-order valence-electron chi connectivity index (χ1n) is 4.75. The molecule has 0 aliphatic rings. The molecule has 15 heavy (non-hydrogen) atoms. The van der Waals surface area contributed by atoms with Crippen molar-refractivity contribution >= 4 is 11.8 Å². The number of hydrogen-bond donors (Lipinski definition) is 2. The minimum atomic E-state index is 0.0832. The summed E-state index contributed by atoms with van der Waals surface area (Å²) in [5.74, 6) is 7.37. The highest BCUT2D eigenvalue weighted by atomic mass is 32.2. The molecule has 6 heteroatoms. The van der Waals surface area contributed by atoms with Crippen LogP contribution < -0.4 is 16.0 Å². The smallest absolute Gasteiger partial charge is 0.161 e. The topological polar surface area (TPSA) is 65.1 Å². The van der Waals surface area contributed by atoms with Crippen LogP contribution >= 0.6 is 11.8 Å². The summed E-state index contributed by atoms with van der Waals surface area (Å²) in [6.45, 7) is 0. The van der Waals surface area contributed by atoms with Crippen molar-refractivity contribution in [1.82, 2.24) is 15.2 Å². The predicted molar refractivity (Wildman–Crippen MR) is 62.8 cm³/mol. The first-order chi connectivity index (χ1) is 7.24. The van der Waals surface area contributed by atoms with Gasteiger partial charge in [-0.05, 0) is 18.4 Å². The zero-order valence-electron chi connectivity index (χ0n) is 9.36. The molecule has 0 amide bonds. The molecule has 3 N–H and O–H groups in total. The second-order valence-electron chi connectivity index (χ2n) is 3.22. The molecule has 0 spiro atoms. The lowest BCUT2D eigenvalue weighted by atomic mass is 10.1. The molecule has 1 unspecified atom stereocenters. The molecule has 0 bridgehead atoms. The second-order valence-corrected chi connectivity index (χ2v) is 4.21. The maximum Gasteiger partial charge on any atom is 0.161 e. The van der Waals surface area contributed by atoms with Gasteiger partial charge in [0.25, 0.3) is 0 Å². The molecule has 1 aromatic heterocycles. The van der Waals surface area contributed by atoms with Gasteiger partial charge in [0.2, 0.25) is 0 Å². The number of ether oxygens (including phenoxy) is 1. The van der Waals surface area contributed by atoms with E-state index in [0.29, 0.717) is 0 Å². The third-order valence-corrected chi connectivity index (χ3v) is 2.96. The zero-order valence-corrected chi connectivity index (χ0v) is 10.2. The lowest BCUT2D eigenvalue weighted by molar-refractivity contribution is 0.393. The maximum atomic E-state index is 5.54. The molecule has 0 fully saturated rings. The van der Waals surface area contributed by atoms with E-state index in [9.17, 15) is 0 Å².